The molecule has 1 fully saturated rings. The normalized spacial score (nSPS) is 15.6. The van der Waals surface area contributed by atoms with Crippen LogP contribution in [0, 0.1) is 5.41 Å². The van der Waals surface area contributed by atoms with Crippen LogP contribution in [-0.4, -0.2) is 34.8 Å². The van der Waals surface area contributed by atoms with Crippen molar-refractivity contribution in [3.8, 4) is 11.5 Å². The minimum absolute atomic E-state index is 0.380. The summed E-state index contributed by atoms with van der Waals surface area (Å²) in [7, 11) is 0. The molecule has 2 aromatic carbocycles. The fourth-order valence-corrected chi connectivity index (χ4v) is 2.87. The fourth-order valence-electron chi connectivity index (χ4n) is 2.87. The summed E-state index contributed by atoms with van der Waals surface area (Å²) in [6.45, 7) is 1.86. The summed E-state index contributed by atoms with van der Waals surface area (Å²) in [5.41, 5.74) is 1.86. The summed E-state index contributed by atoms with van der Waals surface area (Å²) in [5.74, 6) is 2.21. The molecule has 1 atom stereocenters. The van der Waals surface area contributed by atoms with E-state index < -0.39 is 0 Å². The molecule has 1 aliphatic rings. The number of para-hydroxylation sites is 1. The number of nitrogens with zero attached hydrogens (tertiary/aromatic N) is 2. The van der Waals surface area contributed by atoms with E-state index in [-0.39, 0.29) is 0 Å². The largest absolute Gasteiger partial charge is 0.457 e. The highest BCUT2D eigenvalue weighted by atomic mass is 16.5. The third-order valence-corrected chi connectivity index (χ3v) is 4.55. The second-order valence-corrected chi connectivity index (χ2v) is 6.42. The van der Waals surface area contributed by atoms with E-state index >= 15 is 0 Å². The summed E-state index contributed by atoms with van der Waals surface area (Å²) in [6.07, 6.45) is 4.35. The van der Waals surface area contributed by atoms with Crippen LogP contribution in [0.15, 0.2) is 67.1 Å². The first-order chi connectivity index (χ1) is 13.3. The van der Waals surface area contributed by atoms with Crippen molar-refractivity contribution in [2.24, 2.45) is 0 Å². The maximum atomic E-state index is 8.57. The molecule has 136 valence electrons. The molecule has 0 radical (unpaired) electrons. The highest BCUT2D eigenvalue weighted by Gasteiger charge is 2.18. The van der Waals surface area contributed by atoms with Crippen molar-refractivity contribution < 1.29 is 4.74 Å². The van der Waals surface area contributed by atoms with Crippen LogP contribution in [0.2, 0.25) is 0 Å². The Bertz CT molecular complexity index is 907. The number of aromatic nitrogens is 2. The number of hydrogen-bond donors (Lipinski definition) is 3. The molecule has 0 bridgehead atoms. The molecule has 1 aliphatic heterocycles. The summed E-state index contributed by atoms with van der Waals surface area (Å²) >= 11 is 0. The Hall–Kier alpha value is -3.25. The molecular weight excluding hydrogens is 338 g/mol. The average Bonchev–Trinajstić information content (AvgIpc) is 2.68. The lowest BCUT2D eigenvalue weighted by Gasteiger charge is -2.28. The van der Waals surface area contributed by atoms with E-state index in [1.807, 2.05) is 54.6 Å². The molecule has 6 nitrogen and oxygen atoms in total. The molecule has 6 heteroatoms. The van der Waals surface area contributed by atoms with Crippen LogP contribution in [0.4, 0.5) is 5.82 Å². The maximum absolute atomic E-state index is 8.57. The van der Waals surface area contributed by atoms with Gasteiger partial charge in [0.15, 0.2) is 0 Å². The monoisotopic (exact) mass is 359 g/mol. The summed E-state index contributed by atoms with van der Waals surface area (Å²) in [6, 6.07) is 17.6. The quantitative estimate of drug-likeness (QED) is 0.563. The molecule has 0 amide bonds. The van der Waals surface area contributed by atoms with E-state index in [9.17, 15) is 0 Å². The molecule has 1 aromatic heterocycles. The van der Waals surface area contributed by atoms with E-state index in [2.05, 4.69) is 20.6 Å². The van der Waals surface area contributed by atoms with Crippen molar-refractivity contribution in [1.29, 1.82) is 5.41 Å². The number of benzene rings is 2. The minimum atomic E-state index is 0.380. The number of nitrogens with one attached hydrogen (secondary N) is 3. The minimum Gasteiger partial charge on any atom is -0.457 e. The fraction of sp³-hybridized carbons (Fsp3) is 0.190. The highest BCUT2D eigenvalue weighted by Crippen LogP contribution is 2.23. The van der Waals surface area contributed by atoms with E-state index in [0.29, 0.717) is 23.1 Å². The van der Waals surface area contributed by atoms with E-state index in [0.717, 1.165) is 36.6 Å². The molecule has 3 N–H and O–H groups in total. The molecule has 0 spiro atoms. The molecule has 27 heavy (non-hydrogen) atoms. The van der Waals surface area contributed by atoms with Gasteiger partial charge < -0.3 is 15.4 Å². The highest BCUT2D eigenvalue weighted by molar-refractivity contribution is 6.13. The van der Waals surface area contributed by atoms with Crippen LogP contribution in [0.1, 0.15) is 17.5 Å². The summed E-state index contributed by atoms with van der Waals surface area (Å²) in [4.78, 5) is 8.41. The second kappa shape index (κ2) is 7.97. The van der Waals surface area contributed by atoms with Gasteiger partial charge in [-0.05, 0) is 49.4 Å². The SMILES string of the molecule is N=C(c1ccc(Oc2ccccc2)cc1)c1cncnc1NCC1CCN1. The topological polar surface area (TPSA) is 82.9 Å². The van der Waals surface area contributed by atoms with Crippen LogP contribution in [0.5, 0.6) is 11.5 Å². The van der Waals surface area contributed by atoms with E-state index in [1.165, 1.54) is 6.33 Å². The molecular formula is C21H21N5O. The number of anilines is 1. The third-order valence-electron chi connectivity index (χ3n) is 4.55. The first kappa shape index (κ1) is 17.2. The van der Waals surface area contributed by atoms with Crippen LogP contribution in [0.3, 0.4) is 0 Å². The van der Waals surface area contributed by atoms with E-state index in [4.69, 9.17) is 10.1 Å². The predicted octanol–water partition coefficient (Wildman–Crippen LogP) is 3.46. The predicted molar refractivity (Wildman–Crippen MR) is 106 cm³/mol. The molecule has 1 saturated heterocycles. The van der Waals surface area contributed by atoms with Gasteiger partial charge in [0, 0.05) is 24.3 Å². The Morgan fingerprint density at radius 2 is 1.85 bits per heavy atom. The van der Waals surface area contributed by atoms with Crippen LogP contribution in [0.25, 0.3) is 0 Å². The van der Waals surface area contributed by atoms with Gasteiger partial charge in [0.25, 0.3) is 0 Å². The number of ether oxygens (including phenoxy) is 1. The molecule has 3 aromatic rings. The van der Waals surface area contributed by atoms with Crippen molar-refractivity contribution in [3.05, 3.63) is 78.2 Å². The van der Waals surface area contributed by atoms with Crippen molar-refractivity contribution in [1.82, 2.24) is 15.3 Å². The molecule has 0 saturated carbocycles. The Balaban J connectivity index is 1.47. The van der Waals surface area contributed by atoms with Gasteiger partial charge in [-0.1, -0.05) is 18.2 Å². The Labute approximate surface area is 158 Å². The lowest BCUT2D eigenvalue weighted by molar-refractivity contribution is 0.386. The average molecular weight is 359 g/mol. The van der Waals surface area contributed by atoms with Crippen LogP contribution >= 0.6 is 0 Å². The maximum Gasteiger partial charge on any atom is 0.138 e. The Morgan fingerprint density at radius 1 is 1.11 bits per heavy atom. The zero-order valence-electron chi connectivity index (χ0n) is 14.9. The van der Waals surface area contributed by atoms with Crippen LogP contribution < -0.4 is 15.4 Å². The zero-order valence-corrected chi connectivity index (χ0v) is 14.9. The van der Waals surface area contributed by atoms with Gasteiger partial charge in [-0.25, -0.2) is 9.97 Å². The van der Waals surface area contributed by atoms with Crippen molar-refractivity contribution >= 4 is 11.5 Å². The lowest BCUT2D eigenvalue weighted by Crippen LogP contribution is -2.47. The van der Waals surface area contributed by atoms with Gasteiger partial charge in [0.05, 0.1) is 11.3 Å². The van der Waals surface area contributed by atoms with Crippen LogP contribution in [-0.2, 0) is 0 Å². The lowest BCUT2D eigenvalue weighted by atomic mass is 10.0. The van der Waals surface area contributed by atoms with Gasteiger partial charge in [-0.3, -0.25) is 5.41 Å². The van der Waals surface area contributed by atoms with Gasteiger partial charge in [-0.2, -0.15) is 0 Å². The smallest absolute Gasteiger partial charge is 0.138 e. The molecule has 0 aliphatic carbocycles. The van der Waals surface area contributed by atoms with Gasteiger partial charge >= 0.3 is 0 Å². The second-order valence-electron chi connectivity index (χ2n) is 6.42. The zero-order chi connectivity index (χ0) is 18.5. The van der Waals surface area contributed by atoms with Crippen molar-refractivity contribution in [2.75, 3.05) is 18.4 Å². The molecule has 2 heterocycles. The van der Waals surface area contributed by atoms with Gasteiger partial charge in [0.2, 0.25) is 0 Å². The summed E-state index contributed by atoms with van der Waals surface area (Å²) < 4.78 is 5.81. The van der Waals surface area contributed by atoms with Gasteiger partial charge in [-0.15, -0.1) is 0 Å². The summed E-state index contributed by atoms with van der Waals surface area (Å²) in [5, 5.41) is 15.3. The number of rotatable bonds is 7. The van der Waals surface area contributed by atoms with E-state index in [1.54, 1.807) is 6.20 Å². The Kier molecular flexibility index (Phi) is 5.07. The molecule has 1 unspecified atom stereocenters. The Morgan fingerprint density at radius 3 is 2.56 bits per heavy atom. The third kappa shape index (κ3) is 4.12. The van der Waals surface area contributed by atoms with Crippen molar-refractivity contribution in [2.45, 2.75) is 12.5 Å². The first-order valence-electron chi connectivity index (χ1n) is 8.99. The number of hydrogen-bond acceptors (Lipinski definition) is 6. The molecule has 4 rings (SSSR count). The van der Waals surface area contributed by atoms with Gasteiger partial charge in [0.1, 0.15) is 23.6 Å². The standard InChI is InChI=1S/C21H21N5O/c22-20(19-13-23-14-26-21(19)25-12-16-10-11-24-16)15-6-8-18(9-7-15)27-17-4-2-1-3-5-17/h1-9,13-14,16,22,24H,10-12H2,(H,23,25,26). The first-order valence-corrected chi connectivity index (χ1v) is 8.99. The van der Waals surface area contributed by atoms with Crippen molar-refractivity contribution in [3.63, 3.8) is 0 Å².